The van der Waals surface area contributed by atoms with Crippen LogP contribution in [0.2, 0.25) is 0 Å². The first kappa shape index (κ1) is 9.01. The number of rotatable bonds is 3. The molecule has 2 N–H and O–H groups in total. The zero-order valence-corrected chi connectivity index (χ0v) is 7.38. The Kier molecular flexibility index (Phi) is 3.87. The number of hydrogen-bond donors (Lipinski definition) is 1. The first-order chi connectivity index (χ1) is 5.33. The van der Waals surface area contributed by atoms with E-state index in [1.165, 1.54) is 19.3 Å². The fourth-order valence-electron chi connectivity index (χ4n) is 1.50. The maximum Gasteiger partial charge on any atom is 0.0589 e. The van der Waals surface area contributed by atoms with Gasteiger partial charge in [-0.3, -0.25) is 0 Å². The van der Waals surface area contributed by atoms with E-state index in [1.54, 1.807) is 0 Å². The van der Waals surface area contributed by atoms with Gasteiger partial charge in [-0.15, -0.1) is 0 Å². The summed E-state index contributed by atoms with van der Waals surface area (Å²) >= 11 is 0. The van der Waals surface area contributed by atoms with Crippen molar-refractivity contribution in [3.63, 3.8) is 0 Å². The third kappa shape index (κ3) is 3.21. The first-order valence-corrected chi connectivity index (χ1v) is 4.70. The Morgan fingerprint density at radius 3 is 2.91 bits per heavy atom. The van der Waals surface area contributed by atoms with Crippen LogP contribution in [0, 0.1) is 0 Å². The fourth-order valence-corrected chi connectivity index (χ4v) is 1.50. The molecule has 11 heavy (non-hydrogen) atoms. The molecular formula is C9H19NO. The van der Waals surface area contributed by atoms with Gasteiger partial charge in [0.25, 0.3) is 0 Å². The van der Waals surface area contributed by atoms with Crippen LogP contribution in [-0.4, -0.2) is 18.8 Å². The Morgan fingerprint density at radius 1 is 1.55 bits per heavy atom. The molecule has 0 aromatic rings. The van der Waals surface area contributed by atoms with Gasteiger partial charge in [0.05, 0.1) is 6.10 Å². The summed E-state index contributed by atoms with van der Waals surface area (Å²) in [5.41, 5.74) is 5.82. The largest absolute Gasteiger partial charge is 0.378 e. The molecule has 2 atom stereocenters. The molecule has 1 rings (SSSR count). The van der Waals surface area contributed by atoms with E-state index in [9.17, 15) is 0 Å². The molecular weight excluding hydrogens is 138 g/mol. The Morgan fingerprint density at radius 2 is 2.36 bits per heavy atom. The molecule has 1 fully saturated rings. The summed E-state index contributed by atoms with van der Waals surface area (Å²) in [6, 6.07) is 0.345. The van der Waals surface area contributed by atoms with Gasteiger partial charge < -0.3 is 10.5 Å². The van der Waals surface area contributed by atoms with Crippen molar-refractivity contribution in [3.8, 4) is 0 Å². The van der Waals surface area contributed by atoms with Gasteiger partial charge in [0.2, 0.25) is 0 Å². The first-order valence-electron chi connectivity index (χ1n) is 4.70. The summed E-state index contributed by atoms with van der Waals surface area (Å²) in [6.45, 7) is 3.08. The van der Waals surface area contributed by atoms with Crippen molar-refractivity contribution < 1.29 is 4.74 Å². The van der Waals surface area contributed by atoms with Crippen molar-refractivity contribution in [1.29, 1.82) is 0 Å². The van der Waals surface area contributed by atoms with Gasteiger partial charge in [0.15, 0.2) is 0 Å². The molecule has 1 aliphatic heterocycles. The average molecular weight is 157 g/mol. The molecule has 0 aromatic heterocycles. The summed E-state index contributed by atoms with van der Waals surface area (Å²) in [6.07, 6.45) is 6.35. The molecule has 1 aliphatic rings. The van der Waals surface area contributed by atoms with Gasteiger partial charge in [-0.1, -0.05) is 6.92 Å². The lowest BCUT2D eigenvalue weighted by molar-refractivity contribution is 0.00726. The molecule has 1 saturated heterocycles. The normalized spacial score (nSPS) is 28.4. The highest BCUT2D eigenvalue weighted by Gasteiger charge is 2.15. The minimum atomic E-state index is 0.345. The average Bonchev–Trinajstić information content (AvgIpc) is 2.06. The zero-order chi connectivity index (χ0) is 8.10. The Labute approximate surface area is 69.1 Å². The lowest BCUT2D eigenvalue weighted by Crippen LogP contribution is -2.29. The Balaban J connectivity index is 2.13. The third-order valence-corrected chi connectivity index (χ3v) is 2.36. The van der Waals surface area contributed by atoms with Gasteiger partial charge in [-0.25, -0.2) is 0 Å². The monoisotopic (exact) mass is 157 g/mol. The van der Waals surface area contributed by atoms with Crippen LogP contribution < -0.4 is 5.73 Å². The van der Waals surface area contributed by atoms with Crippen LogP contribution in [-0.2, 0) is 4.74 Å². The highest BCUT2D eigenvalue weighted by atomic mass is 16.5. The summed E-state index contributed by atoms with van der Waals surface area (Å²) in [7, 11) is 0. The van der Waals surface area contributed by atoms with Crippen molar-refractivity contribution in [2.75, 3.05) is 6.61 Å². The van der Waals surface area contributed by atoms with Crippen molar-refractivity contribution in [3.05, 3.63) is 0 Å². The van der Waals surface area contributed by atoms with Crippen LogP contribution in [0.5, 0.6) is 0 Å². The Bertz CT molecular complexity index is 99.7. The van der Waals surface area contributed by atoms with Gasteiger partial charge in [-0.05, 0) is 32.1 Å². The smallest absolute Gasteiger partial charge is 0.0589 e. The number of nitrogens with two attached hydrogens (primary N) is 1. The second-order valence-corrected chi connectivity index (χ2v) is 3.39. The topological polar surface area (TPSA) is 35.2 Å². The highest BCUT2D eigenvalue weighted by molar-refractivity contribution is 4.69. The van der Waals surface area contributed by atoms with Gasteiger partial charge >= 0.3 is 0 Å². The van der Waals surface area contributed by atoms with E-state index in [0.717, 1.165) is 19.4 Å². The molecule has 0 radical (unpaired) electrons. The third-order valence-electron chi connectivity index (χ3n) is 2.36. The van der Waals surface area contributed by atoms with E-state index < -0.39 is 0 Å². The van der Waals surface area contributed by atoms with Crippen molar-refractivity contribution in [2.45, 2.75) is 51.2 Å². The minimum Gasteiger partial charge on any atom is -0.378 e. The van der Waals surface area contributed by atoms with Crippen LogP contribution in [0.1, 0.15) is 39.0 Å². The number of hydrogen-bond acceptors (Lipinski definition) is 2. The molecule has 0 spiro atoms. The predicted octanol–water partition coefficient (Wildman–Crippen LogP) is 1.68. The lowest BCUT2D eigenvalue weighted by atomic mass is 10.0. The maximum atomic E-state index is 5.82. The summed E-state index contributed by atoms with van der Waals surface area (Å²) in [5.74, 6) is 0. The van der Waals surface area contributed by atoms with Gasteiger partial charge in [0.1, 0.15) is 0 Å². The second kappa shape index (κ2) is 4.73. The molecule has 0 saturated carbocycles. The maximum absolute atomic E-state index is 5.82. The fraction of sp³-hybridized carbons (Fsp3) is 1.00. The van der Waals surface area contributed by atoms with Crippen molar-refractivity contribution >= 4 is 0 Å². The molecule has 0 bridgehead atoms. The summed E-state index contributed by atoms with van der Waals surface area (Å²) in [4.78, 5) is 0. The lowest BCUT2D eigenvalue weighted by Gasteiger charge is -2.24. The predicted molar refractivity (Wildman–Crippen MR) is 46.5 cm³/mol. The molecule has 0 aromatic carbocycles. The molecule has 2 heteroatoms. The molecule has 66 valence electrons. The molecule has 0 aliphatic carbocycles. The number of ether oxygens (including phenoxy) is 1. The van der Waals surface area contributed by atoms with Crippen molar-refractivity contribution in [2.24, 2.45) is 5.73 Å². The second-order valence-electron chi connectivity index (χ2n) is 3.39. The molecule has 2 nitrogen and oxygen atoms in total. The van der Waals surface area contributed by atoms with Crippen molar-refractivity contribution in [1.82, 2.24) is 0 Å². The van der Waals surface area contributed by atoms with E-state index in [0.29, 0.717) is 12.1 Å². The molecule has 1 unspecified atom stereocenters. The van der Waals surface area contributed by atoms with Crippen LogP contribution in [0.4, 0.5) is 0 Å². The highest BCUT2D eigenvalue weighted by Crippen LogP contribution is 2.16. The van der Waals surface area contributed by atoms with Crippen LogP contribution in [0.3, 0.4) is 0 Å². The van der Waals surface area contributed by atoms with Gasteiger partial charge in [0, 0.05) is 12.6 Å². The zero-order valence-electron chi connectivity index (χ0n) is 7.38. The molecule has 1 heterocycles. The minimum absolute atomic E-state index is 0.345. The standard InChI is InChI=1S/C9H19NO/c1-2-8(10)7-9-5-3-4-6-11-9/h8-9H,2-7,10H2,1H3/t8-,9?/m1/s1. The van der Waals surface area contributed by atoms with Crippen LogP contribution in [0.25, 0.3) is 0 Å². The van der Waals surface area contributed by atoms with E-state index in [2.05, 4.69) is 6.92 Å². The summed E-state index contributed by atoms with van der Waals surface area (Å²) in [5, 5.41) is 0. The Hall–Kier alpha value is -0.0800. The van der Waals surface area contributed by atoms with E-state index >= 15 is 0 Å². The molecule has 0 amide bonds. The quantitative estimate of drug-likeness (QED) is 0.676. The SMILES string of the molecule is CC[C@@H](N)CC1CCCCO1. The van der Waals surface area contributed by atoms with E-state index in [-0.39, 0.29) is 0 Å². The van der Waals surface area contributed by atoms with E-state index in [4.69, 9.17) is 10.5 Å². The van der Waals surface area contributed by atoms with Crippen LogP contribution >= 0.6 is 0 Å². The van der Waals surface area contributed by atoms with E-state index in [1.807, 2.05) is 0 Å². The van der Waals surface area contributed by atoms with Crippen LogP contribution in [0.15, 0.2) is 0 Å². The van der Waals surface area contributed by atoms with Gasteiger partial charge in [-0.2, -0.15) is 0 Å². The summed E-state index contributed by atoms with van der Waals surface area (Å²) < 4.78 is 5.57.